The first kappa shape index (κ1) is 31.0. The molecule has 2 aromatic carbocycles. The first-order valence-electron chi connectivity index (χ1n) is 12.6. The van der Waals surface area contributed by atoms with Crippen LogP contribution in [-0.2, 0) is 37.1 Å². The Morgan fingerprint density at radius 3 is 1.95 bits per heavy atom. The highest BCUT2D eigenvalue weighted by atomic mass is 16.5. The van der Waals surface area contributed by atoms with Crippen LogP contribution in [0.1, 0.15) is 38.3 Å². The van der Waals surface area contributed by atoms with E-state index in [1.165, 1.54) is 6.92 Å². The molecule has 3 atom stereocenters. The Balaban J connectivity index is 1.90. The number of rotatable bonds is 15. The number of alkyl carbamates (subject to hydrolysis) is 1. The normalized spacial score (nSPS) is 13.0. The summed E-state index contributed by atoms with van der Waals surface area (Å²) in [6, 6.07) is 15.0. The van der Waals surface area contributed by atoms with Crippen molar-refractivity contribution in [2.75, 3.05) is 6.54 Å². The smallest absolute Gasteiger partial charge is 0.408 e. The van der Waals surface area contributed by atoms with Crippen LogP contribution >= 0.6 is 0 Å². The molecular formula is C28H36N4O7. The third-order valence-corrected chi connectivity index (χ3v) is 5.74. The van der Waals surface area contributed by atoms with Crippen LogP contribution in [0.5, 0.6) is 0 Å². The second-order valence-electron chi connectivity index (χ2n) is 9.37. The number of nitrogens with one attached hydrogen (secondary N) is 4. The molecule has 0 spiro atoms. The van der Waals surface area contributed by atoms with Gasteiger partial charge in [-0.25, -0.2) is 4.79 Å². The van der Waals surface area contributed by atoms with Gasteiger partial charge < -0.3 is 31.1 Å². The van der Waals surface area contributed by atoms with E-state index in [9.17, 15) is 29.1 Å². The van der Waals surface area contributed by atoms with Crippen LogP contribution in [0.4, 0.5) is 4.79 Å². The Morgan fingerprint density at radius 2 is 1.38 bits per heavy atom. The zero-order valence-corrected chi connectivity index (χ0v) is 22.3. The molecule has 0 aliphatic rings. The van der Waals surface area contributed by atoms with Gasteiger partial charge >= 0.3 is 12.1 Å². The number of carbonyl (C=O) groups is 5. The number of carbonyl (C=O) groups excluding carboxylic acids is 4. The van der Waals surface area contributed by atoms with E-state index in [0.717, 1.165) is 11.1 Å². The van der Waals surface area contributed by atoms with Gasteiger partial charge in [-0.05, 0) is 24.0 Å². The zero-order chi connectivity index (χ0) is 28.8. The summed E-state index contributed by atoms with van der Waals surface area (Å²) in [7, 11) is 0. The molecule has 0 aliphatic heterocycles. The monoisotopic (exact) mass is 540 g/mol. The number of hydrogen-bond donors (Lipinski definition) is 5. The summed E-state index contributed by atoms with van der Waals surface area (Å²) in [5, 5.41) is 19.6. The predicted molar refractivity (Wildman–Crippen MR) is 143 cm³/mol. The van der Waals surface area contributed by atoms with Crippen molar-refractivity contribution in [2.45, 2.75) is 58.5 Å². The number of ether oxygens (including phenoxy) is 1. The van der Waals surface area contributed by atoms with Crippen LogP contribution in [0.3, 0.4) is 0 Å². The lowest BCUT2D eigenvalue weighted by atomic mass is 10.0. The molecule has 11 heteroatoms. The van der Waals surface area contributed by atoms with Crippen LogP contribution in [0, 0.1) is 5.92 Å². The fourth-order valence-corrected chi connectivity index (χ4v) is 3.56. The third-order valence-electron chi connectivity index (χ3n) is 5.74. The average molecular weight is 541 g/mol. The highest BCUT2D eigenvalue weighted by Crippen LogP contribution is 2.06. The van der Waals surface area contributed by atoms with Crippen molar-refractivity contribution < 1.29 is 33.8 Å². The van der Waals surface area contributed by atoms with E-state index < -0.39 is 54.2 Å². The Bertz CT molecular complexity index is 1110. The molecule has 0 heterocycles. The predicted octanol–water partition coefficient (Wildman–Crippen LogP) is 1.76. The lowest BCUT2D eigenvalue weighted by Gasteiger charge is -2.24. The van der Waals surface area contributed by atoms with E-state index in [4.69, 9.17) is 4.74 Å². The molecule has 2 rings (SSSR count). The Hall–Kier alpha value is -4.25. The lowest BCUT2D eigenvalue weighted by Crippen LogP contribution is -2.56. The number of hydrogen-bond acceptors (Lipinski definition) is 7. The highest BCUT2D eigenvalue weighted by molar-refractivity contribution is 5.96. The maximum atomic E-state index is 12.9. The number of benzene rings is 2. The molecule has 39 heavy (non-hydrogen) atoms. The SMILES string of the molecule is CC(C)[C@H](NC(=O)OCc1ccccc1)C(=O)N[C@@H](C)C(=O)N[C@@H](CC(=O)O)C(=O)CNCc1ccccc1. The molecule has 0 saturated carbocycles. The van der Waals surface area contributed by atoms with Crippen LogP contribution in [0.15, 0.2) is 60.7 Å². The van der Waals surface area contributed by atoms with Crippen molar-refractivity contribution in [2.24, 2.45) is 5.92 Å². The zero-order valence-electron chi connectivity index (χ0n) is 22.3. The van der Waals surface area contributed by atoms with Crippen molar-refractivity contribution in [1.29, 1.82) is 0 Å². The average Bonchev–Trinajstić information content (AvgIpc) is 2.90. The van der Waals surface area contributed by atoms with Crippen molar-refractivity contribution in [3.8, 4) is 0 Å². The minimum atomic E-state index is -1.29. The number of carboxylic acids is 1. The largest absolute Gasteiger partial charge is 0.481 e. The number of Topliss-reactive ketones (excluding diaryl/α,β-unsaturated/α-hetero) is 1. The van der Waals surface area contributed by atoms with E-state index in [1.54, 1.807) is 26.0 Å². The summed E-state index contributed by atoms with van der Waals surface area (Å²) in [5.74, 6) is -3.47. The van der Waals surface area contributed by atoms with Gasteiger partial charge in [0.15, 0.2) is 5.78 Å². The van der Waals surface area contributed by atoms with E-state index in [1.807, 2.05) is 48.5 Å². The molecule has 0 saturated heterocycles. The van der Waals surface area contributed by atoms with Gasteiger partial charge in [-0.3, -0.25) is 19.2 Å². The Labute approximate surface area is 227 Å². The molecule has 0 aliphatic carbocycles. The lowest BCUT2D eigenvalue weighted by molar-refractivity contribution is -0.140. The van der Waals surface area contributed by atoms with Crippen molar-refractivity contribution in [1.82, 2.24) is 21.3 Å². The fraction of sp³-hybridized carbons (Fsp3) is 0.393. The van der Waals surface area contributed by atoms with Gasteiger partial charge in [-0.1, -0.05) is 74.5 Å². The molecule has 0 unspecified atom stereocenters. The van der Waals surface area contributed by atoms with E-state index >= 15 is 0 Å². The molecule has 210 valence electrons. The molecular weight excluding hydrogens is 504 g/mol. The summed E-state index contributed by atoms with van der Waals surface area (Å²) < 4.78 is 5.18. The Kier molecular flexibility index (Phi) is 12.6. The number of ketones is 1. The molecule has 5 N–H and O–H groups in total. The first-order chi connectivity index (χ1) is 18.6. The van der Waals surface area contributed by atoms with Gasteiger partial charge in [-0.2, -0.15) is 0 Å². The Morgan fingerprint density at radius 1 is 0.795 bits per heavy atom. The van der Waals surface area contributed by atoms with Gasteiger partial charge in [-0.15, -0.1) is 0 Å². The van der Waals surface area contributed by atoms with Crippen LogP contribution < -0.4 is 21.3 Å². The van der Waals surface area contributed by atoms with Crippen LogP contribution in [-0.4, -0.2) is 59.4 Å². The molecule has 0 aromatic heterocycles. The van der Waals surface area contributed by atoms with E-state index in [0.29, 0.717) is 6.54 Å². The summed E-state index contributed by atoms with van der Waals surface area (Å²) >= 11 is 0. The fourth-order valence-electron chi connectivity index (χ4n) is 3.56. The standard InChI is InChI=1S/C28H36N4O7/c1-18(2)25(32-28(38)39-17-21-12-8-5-9-13-21)27(37)30-19(3)26(36)31-22(14-24(34)35)23(33)16-29-15-20-10-6-4-7-11-20/h4-13,18-19,22,25,29H,14-17H2,1-3H3,(H,30,37)(H,31,36)(H,32,38)(H,34,35)/t19-,22-,25-/m0/s1. The first-order valence-corrected chi connectivity index (χ1v) is 12.6. The molecule has 0 fully saturated rings. The molecule has 2 aromatic rings. The van der Waals surface area contributed by atoms with Crippen LogP contribution in [0.2, 0.25) is 0 Å². The minimum absolute atomic E-state index is 0.0249. The number of carboxylic acid groups (broad SMARTS) is 1. The maximum absolute atomic E-state index is 12.9. The summed E-state index contributed by atoms with van der Waals surface area (Å²) in [6.45, 7) is 5.10. The van der Waals surface area contributed by atoms with Gasteiger partial charge in [0.1, 0.15) is 18.7 Å². The highest BCUT2D eigenvalue weighted by Gasteiger charge is 2.30. The third kappa shape index (κ3) is 11.3. The summed E-state index contributed by atoms with van der Waals surface area (Å²) in [5.41, 5.74) is 1.72. The van der Waals surface area contributed by atoms with E-state index in [-0.39, 0.29) is 19.1 Å². The van der Waals surface area contributed by atoms with Gasteiger partial charge in [0.05, 0.1) is 19.0 Å². The van der Waals surface area contributed by atoms with Crippen molar-refractivity contribution in [3.05, 3.63) is 71.8 Å². The minimum Gasteiger partial charge on any atom is -0.481 e. The second kappa shape index (κ2) is 15.9. The summed E-state index contributed by atoms with van der Waals surface area (Å²) in [4.78, 5) is 61.8. The molecule has 11 nitrogen and oxygen atoms in total. The number of amides is 3. The number of aliphatic carboxylic acids is 1. The van der Waals surface area contributed by atoms with Gasteiger partial charge in [0, 0.05) is 6.54 Å². The molecule has 0 bridgehead atoms. The van der Waals surface area contributed by atoms with Crippen molar-refractivity contribution >= 4 is 29.7 Å². The van der Waals surface area contributed by atoms with Gasteiger partial charge in [0.2, 0.25) is 11.8 Å². The molecule has 3 amide bonds. The molecule has 0 radical (unpaired) electrons. The van der Waals surface area contributed by atoms with E-state index in [2.05, 4.69) is 21.3 Å². The van der Waals surface area contributed by atoms with Crippen molar-refractivity contribution in [3.63, 3.8) is 0 Å². The van der Waals surface area contributed by atoms with Gasteiger partial charge in [0.25, 0.3) is 0 Å². The topological polar surface area (TPSA) is 163 Å². The quantitative estimate of drug-likeness (QED) is 0.228. The second-order valence-corrected chi connectivity index (χ2v) is 9.37. The summed E-state index contributed by atoms with van der Waals surface area (Å²) in [6.07, 6.45) is -1.40. The maximum Gasteiger partial charge on any atom is 0.408 e. The van der Waals surface area contributed by atoms with Crippen LogP contribution in [0.25, 0.3) is 0 Å².